The van der Waals surface area contributed by atoms with Gasteiger partial charge in [-0.25, -0.2) is 14.4 Å². The molecular weight excluding hydrogens is 487 g/mol. The molecule has 0 atom stereocenters. The number of nitrogens with zero attached hydrogens (tertiary/aromatic N) is 7. The molecule has 0 spiro atoms. The lowest BCUT2D eigenvalue weighted by molar-refractivity contribution is -0.125. The Morgan fingerprint density at radius 2 is 1.68 bits per heavy atom. The summed E-state index contributed by atoms with van der Waals surface area (Å²) < 4.78 is 18.9. The van der Waals surface area contributed by atoms with E-state index >= 15 is 0 Å². The minimum atomic E-state index is -0.279. The van der Waals surface area contributed by atoms with E-state index in [-0.39, 0.29) is 17.6 Å². The first-order chi connectivity index (χ1) is 18.5. The fraction of sp³-hybridized carbons (Fsp3) is 0.444. The van der Waals surface area contributed by atoms with E-state index in [0.717, 1.165) is 69.3 Å². The van der Waals surface area contributed by atoms with Crippen molar-refractivity contribution in [3.8, 4) is 17.1 Å². The summed E-state index contributed by atoms with van der Waals surface area (Å²) >= 11 is 0. The van der Waals surface area contributed by atoms with Crippen molar-refractivity contribution in [2.45, 2.75) is 12.8 Å². The molecule has 2 fully saturated rings. The van der Waals surface area contributed by atoms with Crippen molar-refractivity contribution in [3.05, 3.63) is 54.6 Å². The Morgan fingerprint density at radius 1 is 0.947 bits per heavy atom. The summed E-state index contributed by atoms with van der Waals surface area (Å²) in [6.07, 6.45) is 3.01. The average Bonchev–Trinajstić information content (AvgIpc) is 2.96. The first kappa shape index (κ1) is 25.8. The van der Waals surface area contributed by atoms with E-state index in [1.54, 1.807) is 12.1 Å². The van der Waals surface area contributed by atoms with Gasteiger partial charge in [-0.1, -0.05) is 0 Å². The van der Waals surface area contributed by atoms with Gasteiger partial charge in [0.05, 0.1) is 12.2 Å². The maximum Gasteiger partial charge on any atom is 0.223 e. The summed E-state index contributed by atoms with van der Waals surface area (Å²) in [7, 11) is 2.12. The van der Waals surface area contributed by atoms with E-state index in [4.69, 9.17) is 4.74 Å². The normalized spacial score (nSPS) is 16.9. The number of amides is 1. The number of aromatic nitrogens is 4. The molecule has 200 valence electrons. The molecule has 2 aliphatic rings. The summed E-state index contributed by atoms with van der Waals surface area (Å²) in [6.45, 7) is 6.09. The molecule has 0 aliphatic carbocycles. The van der Waals surface area contributed by atoms with Crippen LogP contribution in [0.3, 0.4) is 0 Å². The van der Waals surface area contributed by atoms with E-state index in [1.807, 2.05) is 18.2 Å². The molecule has 0 unspecified atom stereocenters. The first-order valence-corrected chi connectivity index (χ1v) is 13.1. The Kier molecular flexibility index (Phi) is 8.22. The number of piperidine rings is 1. The topological polar surface area (TPSA) is 99.6 Å². The van der Waals surface area contributed by atoms with Gasteiger partial charge in [0.1, 0.15) is 24.6 Å². The molecule has 1 aromatic carbocycles. The molecule has 4 heterocycles. The molecule has 38 heavy (non-hydrogen) atoms. The Bertz CT molecular complexity index is 1190. The third kappa shape index (κ3) is 6.52. The number of benzene rings is 1. The van der Waals surface area contributed by atoms with Crippen LogP contribution in [0.15, 0.2) is 48.8 Å². The lowest BCUT2D eigenvalue weighted by atomic mass is 9.96. The fourth-order valence-electron chi connectivity index (χ4n) is 4.73. The number of carbonyl (C=O) groups is 1. The van der Waals surface area contributed by atoms with E-state index in [9.17, 15) is 9.18 Å². The second-order valence-corrected chi connectivity index (χ2v) is 9.69. The van der Waals surface area contributed by atoms with Gasteiger partial charge < -0.3 is 24.8 Å². The molecule has 2 aromatic heterocycles. The minimum Gasteiger partial charge on any atom is -0.476 e. The number of ether oxygens (including phenoxy) is 1. The summed E-state index contributed by atoms with van der Waals surface area (Å²) in [4.78, 5) is 27.9. The number of carbonyl (C=O) groups excluding carboxylic acids is 1. The minimum absolute atomic E-state index is 0.0411. The number of hydrogen-bond acceptors (Lipinski definition) is 9. The van der Waals surface area contributed by atoms with Crippen molar-refractivity contribution >= 4 is 17.5 Å². The molecule has 0 saturated carbocycles. The quantitative estimate of drug-likeness (QED) is 0.448. The zero-order valence-corrected chi connectivity index (χ0v) is 21.6. The standard InChI is InChI=1S/C27H33FN8O2/c1-34-13-15-36(16-14-34)25-18-26(31-19-30-25)38-17-10-29-27(37)21-8-11-35(12-9-21)24-7-6-23(32-33-24)20-2-4-22(28)5-3-20/h2-7,18-19,21H,8-17H2,1H3,(H,29,37). The number of halogens is 1. The monoisotopic (exact) mass is 520 g/mol. The van der Waals surface area contributed by atoms with E-state index < -0.39 is 0 Å². The Morgan fingerprint density at radius 3 is 2.39 bits per heavy atom. The van der Waals surface area contributed by atoms with Crippen LogP contribution in [0.5, 0.6) is 5.88 Å². The number of piperazine rings is 1. The second kappa shape index (κ2) is 12.1. The predicted molar refractivity (Wildman–Crippen MR) is 143 cm³/mol. The van der Waals surface area contributed by atoms with Crippen molar-refractivity contribution in [3.63, 3.8) is 0 Å². The van der Waals surface area contributed by atoms with Gasteiger partial charge in [-0.05, 0) is 56.3 Å². The van der Waals surface area contributed by atoms with E-state index in [2.05, 4.69) is 47.2 Å². The molecule has 2 saturated heterocycles. The van der Waals surface area contributed by atoms with Crippen LogP contribution >= 0.6 is 0 Å². The lowest BCUT2D eigenvalue weighted by Gasteiger charge is -2.33. The van der Waals surface area contributed by atoms with Crippen molar-refractivity contribution in [2.24, 2.45) is 5.92 Å². The molecule has 10 nitrogen and oxygen atoms in total. The van der Waals surface area contributed by atoms with Crippen molar-refractivity contribution in [2.75, 3.05) is 69.3 Å². The maximum atomic E-state index is 13.2. The molecule has 0 radical (unpaired) electrons. The molecule has 0 bridgehead atoms. The van der Waals surface area contributed by atoms with Crippen molar-refractivity contribution in [1.29, 1.82) is 0 Å². The van der Waals surface area contributed by atoms with Gasteiger partial charge in [0.25, 0.3) is 0 Å². The Labute approximate surface area is 221 Å². The van der Waals surface area contributed by atoms with Gasteiger partial charge in [0.2, 0.25) is 11.8 Å². The molecular formula is C27H33FN8O2. The SMILES string of the molecule is CN1CCN(c2cc(OCCNC(=O)C3CCN(c4ccc(-c5ccc(F)cc5)nn4)CC3)ncn2)CC1. The highest BCUT2D eigenvalue weighted by atomic mass is 19.1. The number of rotatable bonds is 8. The highest BCUT2D eigenvalue weighted by Crippen LogP contribution is 2.24. The van der Waals surface area contributed by atoms with Gasteiger partial charge in [-0.15, -0.1) is 10.2 Å². The Hall–Kier alpha value is -3.86. The molecule has 1 N–H and O–H groups in total. The van der Waals surface area contributed by atoms with Gasteiger partial charge in [-0.2, -0.15) is 0 Å². The van der Waals surface area contributed by atoms with Crippen LogP contribution in [0, 0.1) is 11.7 Å². The average molecular weight is 521 g/mol. The van der Waals surface area contributed by atoms with Gasteiger partial charge in [0, 0.05) is 56.8 Å². The van der Waals surface area contributed by atoms with Crippen LogP contribution in [0.2, 0.25) is 0 Å². The van der Waals surface area contributed by atoms with Crippen LogP contribution in [0.1, 0.15) is 12.8 Å². The highest BCUT2D eigenvalue weighted by molar-refractivity contribution is 5.79. The number of anilines is 2. The van der Waals surface area contributed by atoms with Crippen LogP contribution in [-0.2, 0) is 4.79 Å². The number of likely N-dealkylation sites (N-methyl/N-ethyl adjacent to an activating group) is 1. The van der Waals surface area contributed by atoms with Crippen LogP contribution in [0.4, 0.5) is 16.0 Å². The number of nitrogens with one attached hydrogen (secondary N) is 1. The van der Waals surface area contributed by atoms with Crippen LogP contribution in [-0.4, -0.2) is 90.4 Å². The number of hydrogen-bond donors (Lipinski definition) is 1. The molecule has 11 heteroatoms. The maximum absolute atomic E-state index is 13.2. The predicted octanol–water partition coefficient (Wildman–Crippen LogP) is 2.24. The Balaban J connectivity index is 1.03. The van der Waals surface area contributed by atoms with Gasteiger partial charge in [0.15, 0.2) is 5.82 Å². The van der Waals surface area contributed by atoms with Crippen molar-refractivity contribution in [1.82, 2.24) is 30.4 Å². The molecule has 3 aromatic rings. The summed E-state index contributed by atoms with van der Waals surface area (Å²) in [6, 6.07) is 11.9. The smallest absolute Gasteiger partial charge is 0.223 e. The zero-order chi connectivity index (χ0) is 26.3. The lowest BCUT2D eigenvalue weighted by Crippen LogP contribution is -2.44. The van der Waals surface area contributed by atoms with Gasteiger partial charge in [-0.3, -0.25) is 4.79 Å². The van der Waals surface area contributed by atoms with Crippen LogP contribution < -0.4 is 19.9 Å². The summed E-state index contributed by atoms with van der Waals surface area (Å²) in [5, 5.41) is 11.6. The third-order valence-corrected chi connectivity index (χ3v) is 7.09. The third-order valence-electron chi connectivity index (χ3n) is 7.09. The highest BCUT2D eigenvalue weighted by Gasteiger charge is 2.25. The second-order valence-electron chi connectivity index (χ2n) is 9.69. The molecule has 1 amide bonds. The van der Waals surface area contributed by atoms with Crippen LogP contribution in [0.25, 0.3) is 11.3 Å². The molecule has 5 rings (SSSR count). The molecule has 2 aliphatic heterocycles. The largest absolute Gasteiger partial charge is 0.476 e. The summed E-state index contributed by atoms with van der Waals surface area (Å²) in [5.74, 6) is 1.90. The van der Waals surface area contributed by atoms with E-state index in [1.165, 1.54) is 18.5 Å². The zero-order valence-electron chi connectivity index (χ0n) is 21.6. The summed E-state index contributed by atoms with van der Waals surface area (Å²) in [5.41, 5.74) is 1.52. The first-order valence-electron chi connectivity index (χ1n) is 13.1. The van der Waals surface area contributed by atoms with Crippen molar-refractivity contribution < 1.29 is 13.9 Å². The fourth-order valence-corrected chi connectivity index (χ4v) is 4.73. The van der Waals surface area contributed by atoms with E-state index in [0.29, 0.717) is 24.7 Å². The van der Waals surface area contributed by atoms with Gasteiger partial charge >= 0.3 is 0 Å².